The van der Waals surface area contributed by atoms with Crippen LogP contribution >= 0.6 is 11.6 Å². The number of benzene rings is 2. The van der Waals surface area contributed by atoms with Gasteiger partial charge in [0.1, 0.15) is 12.4 Å². The quantitative estimate of drug-likeness (QED) is 0.692. The molecule has 1 fully saturated rings. The summed E-state index contributed by atoms with van der Waals surface area (Å²) < 4.78 is 16.4. The maximum Gasteiger partial charge on any atom is 0.234 e. The van der Waals surface area contributed by atoms with Crippen LogP contribution in [0.15, 0.2) is 42.5 Å². The SMILES string of the molecule is O=C(CN1CCN(CCOc2ccc(Cl)cc2)CC1)NCc1ccc2c(c1)OCO2. The molecule has 2 heterocycles. The van der Waals surface area contributed by atoms with E-state index in [4.69, 9.17) is 25.8 Å². The Balaban J connectivity index is 1.11. The second-order valence-electron chi connectivity index (χ2n) is 7.38. The molecule has 2 aromatic carbocycles. The molecule has 0 bridgehead atoms. The second kappa shape index (κ2) is 10.0. The number of hydrogen-bond acceptors (Lipinski definition) is 6. The van der Waals surface area contributed by atoms with Gasteiger partial charge in [-0.2, -0.15) is 0 Å². The van der Waals surface area contributed by atoms with Crippen molar-refractivity contribution in [2.75, 3.05) is 52.7 Å². The summed E-state index contributed by atoms with van der Waals surface area (Å²) in [6, 6.07) is 13.1. The first-order chi connectivity index (χ1) is 14.7. The van der Waals surface area contributed by atoms with Crippen LogP contribution in [0, 0.1) is 0 Å². The van der Waals surface area contributed by atoms with Gasteiger partial charge in [0.25, 0.3) is 0 Å². The highest BCUT2D eigenvalue weighted by molar-refractivity contribution is 6.30. The molecule has 2 aromatic rings. The molecule has 0 atom stereocenters. The van der Waals surface area contributed by atoms with Gasteiger partial charge in [-0.3, -0.25) is 14.6 Å². The molecule has 0 unspecified atom stereocenters. The van der Waals surface area contributed by atoms with E-state index in [1.54, 1.807) is 0 Å². The van der Waals surface area contributed by atoms with Crippen molar-refractivity contribution in [2.45, 2.75) is 6.54 Å². The Hall–Kier alpha value is -2.48. The van der Waals surface area contributed by atoms with Crippen LogP contribution in [0.4, 0.5) is 0 Å². The fraction of sp³-hybridized carbons (Fsp3) is 0.409. The monoisotopic (exact) mass is 431 g/mol. The molecule has 7 nitrogen and oxygen atoms in total. The van der Waals surface area contributed by atoms with Gasteiger partial charge in [-0.15, -0.1) is 0 Å². The number of ether oxygens (including phenoxy) is 3. The van der Waals surface area contributed by atoms with Gasteiger partial charge >= 0.3 is 0 Å². The molecule has 0 radical (unpaired) electrons. The lowest BCUT2D eigenvalue weighted by molar-refractivity contribution is -0.122. The number of nitrogens with zero attached hydrogens (tertiary/aromatic N) is 2. The van der Waals surface area contributed by atoms with Crippen LogP contribution in [0.1, 0.15) is 5.56 Å². The van der Waals surface area contributed by atoms with E-state index in [1.165, 1.54) is 0 Å². The lowest BCUT2D eigenvalue weighted by Crippen LogP contribution is -2.50. The Morgan fingerprint density at radius 1 is 1.00 bits per heavy atom. The Labute approximate surface area is 181 Å². The Kier molecular flexibility index (Phi) is 6.94. The molecule has 0 spiro atoms. The van der Waals surface area contributed by atoms with Crippen LogP contribution in [-0.2, 0) is 11.3 Å². The minimum absolute atomic E-state index is 0.0344. The van der Waals surface area contributed by atoms with Gasteiger partial charge in [0.15, 0.2) is 11.5 Å². The summed E-state index contributed by atoms with van der Waals surface area (Å²) in [5.41, 5.74) is 0.998. The van der Waals surface area contributed by atoms with Gasteiger partial charge in [-0.25, -0.2) is 0 Å². The molecule has 4 rings (SSSR count). The van der Waals surface area contributed by atoms with Crippen LogP contribution in [0.5, 0.6) is 17.2 Å². The lowest BCUT2D eigenvalue weighted by Gasteiger charge is -2.34. The summed E-state index contributed by atoms with van der Waals surface area (Å²) in [6.45, 7) is 6.27. The molecule has 1 saturated heterocycles. The van der Waals surface area contributed by atoms with Gasteiger partial charge in [-0.1, -0.05) is 17.7 Å². The number of piperazine rings is 1. The van der Waals surface area contributed by atoms with Crippen LogP contribution in [-0.4, -0.2) is 68.4 Å². The molecule has 160 valence electrons. The van der Waals surface area contributed by atoms with E-state index in [1.807, 2.05) is 42.5 Å². The lowest BCUT2D eigenvalue weighted by atomic mass is 10.2. The van der Waals surface area contributed by atoms with Crippen LogP contribution in [0.3, 0.4) is 0 Å². The smallest absolute Gasteiger partial charge is 0.234 e. The first-order valence-corrected chi connectivity index (χ1v) is 10.5. The average molecular weight is 432 g/mol. The van der Waals surface area contributed by atoms with E-state index in [9.17, 15) is 4.79 Å². The Morgan fingerprint density at radius 2 is 1.73 bits per heavy atom. The largest absolute Gasteiger partial charge is 0.492 e. The van der Waals surface area contributed by atoms with E-state index < -0.39 is 0 Å². The third-order valence-corrected chi connectivity index (χ3v) is 5.50. The predicted molar refractivity (Wildman–Crippen MR) is 114 cm³/mol. The number of carbonyl (C=O) groups excluding carboxylic acids is 1. The average Bonchev–Trinajstić information content (AvgIpc) is 3.23. The molecule has 2 aliphatic rings. The van der Waals surface area contributed by atoms with Crippen molar-refractivity contribution < 1.29 is 19.0 Å². The highest BCUT2D eigenvalue weighted by Crippen LogP contribution is 2.32. The maximum atomic E-state index is 12.3. The zero-order valence-electron chi connectivity index (χ0n) is 16.8. The summed E-state index contributed by atoms with van der Waals surface area (Å²) in [7, 11) is 0. The third kappa shape index (κ3) is 5.78. The predicted octanol–water partition coefficient (Wildman–Crippen LogP) is 2.38. The standard InChI is InChI=1S/C22H26ClN3O4/c23-18-2-4-19(5-3-18)28-12-11-25-7-9-26(10-8-25)15-22(27)24-14-17-1-6-20-21(13-17)30-16-29-20/h1-6,13H,7-12,14-16H2,(H,24,27). The molecule has 2 aliphatic heterocycles. The summed E-state index contributed by atoms with van der Waals surface area (Å²) in [5.74, 6) is 2.35. The first-order valence-electron chi connectivity index (χ1n) is 10.1. The van der Waals surface area contributed by atoms with Crippen molar-refractivity contribution in [2.24, 2.45) is 0 Å². The number of fused-ring (bicyclic) bond motifs is 1. The zero-order chi connectivity index (χ0) is 20.8. The van der Waals surface area contributed by atoms with Gasteiger partial charge in [-0.05, 0) is 42.0 Å². The topological polar surface area (TPSA) is 63.3 Å². The van der Waals surface area contributed by atoms with Crippen LogP contribution in [0.25, 0.3) is 0 Å². The number of rotatable bonds is 8. The van der Waals surface area contributed by atoms with Gasteiger partial charge in [0, 0.05) is 44.3 Å². The van der Waals surface area contributed by atoms with E-state index >= 15 is 0 Å². The van der Waals surface area contributed by atoms with Gasteiger partial charge < -0.3 is 19.5 Å². The van der Waals surface area contributed by atoms with Crippen molar-refractivity contribution >= 4 is 17.5 Å². The van der Waals surface area contributed by atoms with Crippen LogP contribution < -0.4 is 19.5 Å². The fourth-order valence-corrected chi connectivity index (χ4v) is 3.63. The van der Waals surface area contributed by atoms with E-state index in [0.717, 1.165) is 55.5 Å². The number of hydrogen-bond donors (Lipinski definition) is 1. The molecule has 1 amide bonds. The second-order valence-corrected chi connectivity index (χ2v) is 7.82. The highest BCUT2D eigenvalue weighted by Gasteiger charge is 2.19. The van der Waals surface area contributed by atoms with E-state index in [2.05, 4.69) is 15.1 Å². The van der Waals surface area contributed by atoms with Crippen molar-refractivity contribution in [1.29, 1.82) is 0 Å². The minimum atomic E-state index is 0.0344. The van der Waals surface area contributed by atoms with Gasteiger partial charge in [0.05, 0.1) is 6.54 Å². The molecule has 1 N–H and O–H groups in total. The number of halogens is 1. The number of nitrogens with one attached hydrogen (secondary N) is 1. The normalized spacial score (nSPS) is 16.4. The molecule has 0 aliphatic carbocycles. The van der Waals surface area contributed by atoms with Gasteiger partial charge in [0.2, 0.25) is 12.7 Å². The summed E-state index contributed by atoms with van der Waals surface area (Å²) in [6.07, 6.45) is 0. The van der Waals surface area contributed by atoms with Crippen molar-refractivity contribution in [3.63, 3.8) is 0 Å². The molecule has 30 heavy (non-hydrogen) atoms. The number of carbonyl (C=O) groups is 1. The first kappa shape index (κ1) is 20.8. The summed E-state index contributed by atoms with van der Waals surface area (Å²) >= 11 is 5.88. The maximum absolute atomic E-state index is 12.3. The molecular formula is C22H26ClN3O4. The zero-order valence-corrected chi connectivity index (χ0v) is 17.6. The van der Waals surface area contributed by atoms with Crippen LogP contribution in [0.2, 0.25) is 5.02 Å². The van der Waals surface area contributed by atoms with Crippen molar-refractivity contribution in [3.8, 4) is 17.2 Å². The summed E-state index contributed by atoms with van der Waals surface area (Å²) in [4.78, 5) is 16.8. The number of amides is 1. The molecule has 8 heteroatoms. The van der Waals surface area contributed by atoms with E-state index in [-0.39, 0.29) is 12.7 Å². The third-order valence-electron chi connectivity index (χ3n) is 5.25. The van der Waals surface area contributed by atoms with Crippen molar-refractivity contribution in [3.05, 3.63) is 53.1 Å². The van der Waals surface area contributed by atoms with Crippen molar-refractivity contribution in [1.82, 2.24) is 15.1 Å². The summed E-state index contributed by atoms with van der Waals surface area (Å²) in [5, 5.41) is 3.69. The molecule has 0 aromatic heterocycles. The molecular weight excluding hydrogens is 406 g/mol. The Bertz CT molecular complexity index is 854. The molecule has 0 saturated carbocycles. The van der Waals surface area contributed by atoms with E-state index in [0.29, 0.717) is 24.7 Å². The Morgan fingerprint density at radius 3 is 2.53 bits per heavy atom. The minimum Gasteiger partial charge on any atom is -0.492 e. The highest BCUT2D eigenvalue weighted by atomic mass is 35.5. The fourth-order valence-electron chi connectivity index (χ4n) is 3.50.